The van der Waals surface area contributed by atoms with Gasteiger partial charge in [-0.1, -0.05) is 41.7 Å². The molecule has 0 aliphatic heterocycles. The van der Waals surface area contributed by atoms with Crippen LogP contribution in [0.15, 0.2) is 54.9 Å². The maximum Gasteiger partial charge on any atom is 0.257 e. The lowest BCUT2D eigenvalue weighted by Crippen LogP contribution is -2.13. The first-order valence-corrected chi connectivity index (χ1v) is 12.3. The molecule has 2 heterocycles. The van der Waals surface area contributed by atoms with Crippen molar-refractivity contribution in [3.8, 4) is 39.2 Å². The minimum Gasteiger partial charge on any atom is -0.490 e. The second-order valence-electron chi connectivity index (χ2n) is 7.48. The zero-order valence-corrected chi connectivity index (χ0v) is 21.0. The predicted octanol–water partition coefficient (Wildman–Crippen LogP) is 5.66. The van der Waals surface area contributed by atoms with Gasteiger partial charge in [-0.15, -0.1) is 0 Å². The third kappa shape index (κ3) is 5.30. The summed E-state index contributed by atoms with van der Waals surface area (Å²) in [6.07, 6.45) is 3.62. The standard InChI is InChI=1S/C26H28N4O4S/c1-5-32-19-15-18(16-20(33-6-2)22(19)34-7-3)25(31)29-26-28-21(17-11-9-8-10-12-17)23(35-26)24-27-13-14-30(24)4/h8-16H,5-7H2,1-4H3,(H,28,29,31). The minimum atomic E-state index is -0.324. The number of aromatic nitrogens is 3. The molecule has 0 aliphatic carbocycles. The van der Waals surface area contributed by atoms with Gasteiger partial charge < -0.3 is 18.8 Å². The molecule has 4 rings (SSSR count). The fraction of sp³-hybridized carbons (Fsp3) is 0.269. The molecule has 0 bridgehead atoms. The van der Waals surface area contributed by atoms with E-state index in [4.69, 9.17) is 19.2 Å². The molecular weight excluding hydrogens is 464 g/mol. The molecule has 0 unspecified atom stereocenters. The average Bonchev–Trinajstić information content (AvgIpc) is 3.47. The fourth-order valence-electron chi connectivity index (χ4n) is 3.59. The predicted molar refractivity (Wildman–Crippen MR) is 138 cm³/mol. The van der Waals surface area contributed by atoms with Crippen LogP contribution in [0.5, 0.6) is 17.2 Å². The molecule has 8 nitrogen and oxygen atoms in total. The number of aryl methyl sites for hydroxylation is 1. The van der Waals surface area contributed by atoms with Crippen LogP contribution in [-0.2, 0) is 7.05 Å². The van der Waals surface area contributed by atoms with Crippen LogP contribution in [0, 0.1) is 0 Å². The van der Waals surface area contributed by atoms with Crippen molar-refractivity contribution in [1.82, 2.24) is 14.5 Å². The molecular formula is C26H28N4O4S. The number of benzene rings is 2. The third-order valence-electron chi connectivity index (χ3n) is 5.09. The monoisotopic (exact) mass is 492 g/mol. The second kappa shape index (κ2) is 11.1. The van der Waals surface area contributed by atoms with E-state index in [9.17, 15) is 4.79 Å². The highest BCUT2D eigenvalue weighted by molar-refractivity contribution is 7.19. The number of ether oxygens (including phenoxy) is 3. The van der Waals surface area contributed by atoms with E-state index >= 15 is 0 Å². The zero-order chi connectivity index (χ0) is 24.8. The van der Waals surface area contributed by atoms with Gasteiger partial charge in [-0.25, -0.2) is 9.97 Å². The van der Waals surface area contributed by atoms with Crippen LogP contribution in [0.25, 0.3) is 22.0 Å². The van der Waals surface area contributed by atoms with Gasteiger partial charge in [0, 0.05) is 30.6 Å². The number of hydrogen-bond acceptors (Lipinski definition) is 7. The number of nitrogens with zero attached hydrogens (tertiary/aromatic N) is 3. The summed E-state index contributed by atoms with van der Waals surface area (Å²) >= 11 is 1.38. The second-order valence-corrected chi connectivity index (χ2v) is 8.48. The van der Waals surface area contributed by atoms with Crippen LogP contribution in [0.2, 0.25) is 0 Å². The molecule has 182 valence electrons. The summed E-state index contributed by atoms with van der Waals surface area (Å²) < 4.78 is 19.2. The first-order chi connectivity index (χ1) is 17.0. The number of imidazole rings is 1. The number of hydrogen-bond donors (Lipinski definition) is 1. The number of rotatable bonds is 10. The molecule has 4 aromatic rings. The van der Waals surface area contributed by atoms with E-state index in [-0.39, 0.29) is 5.91 Å². The van der Waals surface area contributed by atoms with Crippen molar-refractivity contribution in [1.29, 1.82) is 0 Å². The van der Waals surface area contributed by atoms with Gasteiger partial charge in [0.25, 0.3) is 5.91 Å². The molecule has 0 aliphatic rings. The summed E-state index contributed by atoms with van der Waals surface area (Å²) in [5.41, 5.74) is 2.09. The molecule has 2 aromatic heterocycles. The van der Waals surface area contributed by atoms with Gasteiger partial charge in [0.15, 0.2) is 22.5 Å². The van der Waals surface area contributed by atoms with Crippen LogP contribution in [-0.4, -0.2) is 40.3 Å². The maximum absolute atomic E-state index is 13.3. The minimum absolute atomic E-state index is 0.324. The van der Waals surface area contributed by atoms with Crippen molar-refractivity contribution in [2.24, 2.45) is 7.05 Å². The largest absolute Gasteiger partial charge is 0.490 e. The molecule has 35 heavy (non-hydrogen) atoms. The van der Waals surface area contributed by atoms with Gasteiger partial charge in [-0.3, -0.25) is 10.1 Å². The van der Waals surface area contributed by atoms with E-state index in [1.54, 1.807) is 18.3 Å². The number of carbonyl (C=O) groups excluding carboxylic acids is 1. The Bertz CT molecular complexity index is 1270. The van der Waals surface area contributed by atoms with E-state index in [1.165, 1.54) is 11.3 Å². The molecule has 9 heteroatoms. The summed E-state index contributed by atoms with van der Waals surface area (Å²) in [6, 6.07) is 13.2. The highest BCUT2D eigenvalue weighted by atomic mass is 32.1. The summed E-state index contributed by atoms with van der Waals surface area (Å²) in [5, 5.41) is 3.41. The topological polar surface area (TPSA) is 87.5 Å². The Hall–Kier alpha value is -3.85. The van der Waals surface area contributed by atoms with E-state index in [1.807, 2.05) is 68.9 Å². The molecule has 0 atom stereocenters. The summed E-state index contributed by atoms with van der Waals surface area (Å²) in [7, 11) is 1.93. The zero-order valence-electron chi connectivity index (χ0n) is 20.2. The lowest BCUT2D eigenvalue weighted by atomic mass is 10.1. The quantitative estimate of drug-likeness (QED) is 0.307. The molecule has 0 spiro atoms. The number of carbonyl (C=O) groups is 1. The Morgan fingerprint density at radius 2 is 1.66 bits per heavy atom. The normalized spacial score (nSPS) is 10.7. The smallest absolute Gasteiger partial charge is 0.257 e. The number of nitrogens with one attached hydrogen (secondary N) is 1. The van der Waals surface area contributed by atoms with Crippen LogP contribution < -0.4 is 19.5 Å². The highest BCUT2D eigenvalue weighted by Gasteiger charge is 2.22. The Balaban J connectivity index is 1.71. The summed E-state index contributed by atoms with van der Waals surface area (Å²) in [6.45, 7) is 6.94. The van der Waals surface area contributed by atoms with Crippen molar-refractivity contribution >= 4 is 22.4 Å². The average molecular weight is 493 g/mol. The molecule has 0 saturated heterocycles. The van der Waals surface area contributed by atoms with E-state index < -0.39 is 0 Å². The molecule has 1 N–H and O–H groups in total. The van der Waals surface area contributed by atoms with Crippen molar-refractivity contribution in [2.75, 3.05) is 25.1 Å². The highest BCUT2D eigenvalue weighted by Crippen LogP contribution is 2.41. The Morgan fingerprint density at radius 1 is 1.00 bits per heavy atom. The van der Waals surface area contributed by atoms with Crippen molar-refractivity contribution < 1.29 is 19.0 Å². The number of thiazole rings is 1. The lowest BCUT2D eigenvalue weighted by Gasteiger charge is -2.16. The Morgan fingerprint density at radius 3 is 2.23 bits per heavy atom. The van der Waals surface area contributed by atoms with Gasteiger partial charge in [0.05, 0.1) is 30.4 Å². The maximum atomic E-state index is 13.3. The summed E-state index contributed by atoms with van der Waals surface area (Å²) in [4.78, 5) is 23.4. The van der Waals surface area contributed by atoms with Gasteiger partial charge in [0.1, 0.15) is 0 Å². The van der Waals surface area contributed by atoms with Crippen molar-refractivity contribution in [3.05, 3.63) is 60.4 Å². The van der Waals surface area contributed by atoms with E-state index in [0.29, 0.717) is 47.8 Å². The van der Waals surface area contributed by atoms with E-state index in [0.717, 1.165) is 22.0 Å². The molecule has 0 radical (unpaired) electrons. The van der Waals surface area contributed by atoms with E-state index in [2.05, 4.69) is 10.3 Å². The third-order valence-corrected chi connectivity index (χ3v) is 6.06. The first-order valence-electron chi connectivity index (χ1n) is 11.5. The van der Waals surface area contributed by atoms with Gasteiger partial charge in [0.2, 0.25) is 5.75 Å². The van der Waals surface area contributed by atoms with Crippen LogP contribution in [0.1, 0.15) is 31.1 Å². The fourth-order valence-corrected chi connectivity index (χ4v) is 4.61. The lowest BCUT2D eigenvalue weighted by molar-refractivity contribution is 0.102. The van der Waals surface area contributed by atoms with Crippen LogP contribution in [0.4, 0.5) is 5.13 Å². The van der Waals surface area contributed by atoms with Crippen molar-refractivity contribution in [3.63, 3.8) is 0 Å². The van der Waals surface area contributed by atoms with Gasteiger partial charge in [-0.2, -0.15) is 0 Å². The van der Waals surface area contributed by atoms with Crippen LogP contribution in [0.3, 0.4) is 0 Å². The Kier molecular flexibility index (Phi) is 7.67. The number of amides is 1. The summed E-state index contributed by atoms with van der Waals surface area (Å²) in [5.74, 6) is 1.87. The molecule has 1 amide bonds. The number of anilines is 1. The molecule has 0 fully saturated rings. The SMILES string of the molecule is CCOc1cc(C(=O)Nc2nc(-c3ccccc3)c(-c3nccn3C)s2)cc(OCC)c1OCC. The first kappa shape index (κ1) is 24.3. The Labute approximate surface area is 208 Å². The van der Waals surface area contributed by atoms with Gasteiger partial charge in [-0.05, 0) is 32.9 Å². The molecule has 0 saturated carbocycles. The van der Waals surface area contributed by atoms with Crippen molar-refractivity contribution in [2.45, 2.75) is 20.8 Å². The van der Waals surface area contributed by atoms with Crippen LogP contribution >= 0.6 is 11.3 Å². The molecule has 2 aromatic carbocycles. The van der Waals surface area contributed by atoms with Gasteiger partial charge >= 0.3 is 0 Å².